The van der Waals surface area contributed by atoms with Crippen molar-refractivity contribution in [2.45, 2.75) is 19.5 Å². The number of carbonyl (C=O) groups excluding carboxylic acids is 1. The number of ketones is 1. The minimum Gasteiger partial charge on any atom is -0.374 e. The van der Waals surface area contributed by atoms with E-state index in [4.69, 9.17) is 0 Å². The number of hydrogen-bond donors (Lipinski definition) is 0. The number of rotatable bonds is 5. The third kappa shape index (κ3) is 2.75. The molecule has 2 aromatic carbocycles. The molecule has 4 rings (SSSR count). The van der Waals surface area contributed by atoms with Crippen molar-refractivity contribution >= 4 is 35.6 Å². The number of anilines is 2. The lowest BCUT2D eigenvalue weighted by atomic mass is 9.98. The Kier molecular flexibility index (Phi) is 4.54. The van der Waals surface area contributed by atoms with Gasteiger partial charge in [0, 0.05) is 49.2 Å². The lowest BCUT2D eigenvalue weighted by Crippen LogP contribution is -2.60. The predicted molar refractivity (Wildman–Crippen MR) is 123 cm³/mol. The molecule has 0 N–H and O–H groups in total. The van der Waals surface area contributed by atoms with Crippen molar-refractivity contribution in [3.8, 4) is 0 Å². The highest BCUT2D eigenvalue weighted by atomic mass is 28.3. The molecule has 2 heterocycles. The Labute approximate surface area is 169 Å². The minimum absolute atomic E-state index is 0.180. The van der Waals surface area contributed by atoms with Crippen LogP contribution >= 0.6 is 0 Å². The van der Waals surface area contributed by atoms with Crippen LogP contribution in [-0.2, 0) is 6.42 Å². The van der Waals surface area contributed by atoms with Crippen molar-refractivity contribution in [3.05, 3.63) is 72.3 Å². The zero-order valence-corrected chi connectivity index (χ0v) is 18.1. The summed E-state index contributed by atoms with van der Waals surface area (Å²) in [6.07, 6.45) is 4.84. The molecule has 144 valence electrons. The van der Waals surface area contributed by atoms with Gasteiger partial charge in [-0.25, -0.2) is 0 Å². The normalized spacial score (nSPS) is 16.2. The molecule has 2 aliphatic heterocycles. The first-order valence-electron chi connectivity index (χ1n) is 9.93. The second-order valence-electron chi connectivity index (χ2n) is 8.36. The third-order valence-electron chi connectivity index (χ3n) is 6.25. The van der Waals surface area contributed by atoms with Gasteiger partial charge < -0.3 is 9.80 Å². The maximum atomic E-state index is 13.4. The van der Waals surface area contributed by atoms with Crippen LogP contribution in [-0.4, -0.2) is 40.5 Å². The van der Waals surface area contributed by atoms with Crippen LogP contribution in [0, 0.1) is 0 Å². The molecule has 0 amide bonds. The summed E-state index contributed by atoms with van der Waals surface area (Å²) < 4.78 is 0. The fourth-order valence-corrected chi connectivity index (χ4v) is 7.66. The Morgan fingerprint density at radius 3 is 2.43 bits per heavy atom. The van der Waals surface area contributed by atoms with Gasteiger partial charge in [0.1, 0.15) is 8.07 Å². The van der Waals surface area contributed by atoms with Crippen molar-refractivity contribution in [1.82, 2.24) is 0 Å². The average Bonchev–Trinajstić information content (AvgIpc) is 3.05. The van der Waals surface area contributed by atoms with Gasteiger partial charge in [-0.05, 0) is 52.7 Å². The van der Waals surface area contributed by atoms with Crippen molar-refractivity contribution in [2.75, 3.05) is 36.5 Å². The largest absolute Gasteiger partial charge is 0.374 e. The van der Waals surface area contributed by atoms with Crippen LogP contribution in [0.5, 0.6) is 0 Å². The number of benzene rings is 2. The van der Waals surface area contributed by atoms with Gasteiger partial charge >= 0.3 is 0 Å². The van der Waals surface area contributed by atoms with Gasteiger partial charge in [0.25, 0.3) is 0 Å². The molecule has 0 saturated heterocycles. The average molecular weight is 389 g/mol. The zero-order chi connectivity index (χ0) is 20.1. The standard InChI is InChI=1S/C24H28N2OSi/c1-6-11-26(12-7-2)18-8-9-19-22(15-18)28(4,5)23-16-21-17(10-13-25(21)3)14-20(23)24(19)27/h6-9,14-16H,1-2,10-13H2,3-5H3. The summed E-state index contributed by atoms with van der Waals surface area (Å²) in [6.45, 7) is 15.0. The van der Waals surface area contributed by atoms with Gasteiger partial charge in [-0.15, -0.1) is 13.2 Å². The van der Waals surface area contributed by atoms with E-state index >= 15 is 0 Å². The highest BCUT2D eigenvalue weighted by Crippen LogP contribution is 2.31. The van der Waals surface area contributed by atoms with E-state index < -0.39 is 8.07 Å². The molecule has 0 atom stereocenters. The summed E-state index contributed by atoms with van der Waals surface area (Å²) in [7, 11) is 0.150. The topological polar surface area (TPSA) is 23.6 Å². The first kappa shape index (κ1) is 18.8. The second-order valence-corrected chi connectivity index (χ2v) is 12.7. The van der Waals surface area contributed by atoms with E-state index in [1.54, 1.807) is 0 Å². The molecule has 0 radical (unpaired) electrons. The Morgan fingerprint density at radius 2 is 1.75 bits per heavy atom. The quantitative estimate of drug-likeness (QED) is 0.580. The molecule has 0 unspecified atom stereocenters. The van der Waals surface area contributed by atoms with E-state index in [9.17, 15) is 4.79 Å². The molecule has 28 heavy (non-hydrogen) atoms. The van der Waals surface area contributed by atoms with E-state index in [-0.39, 0.29) is 5.78 Å². The van der Waals surface area contributed by atoms with Crippen LogP contribution in [0.15, 0.2) is 55.6 Å². The lowest BCUT2D eigenvalue weighted by molar-refractivity contribution is 0.104. The Bertz CT molecular complexity index is 982. The minimum atomic E-state index is -1.99. The number of likely N-dealkylation sites (N-methyl/N-ethyl adjacent to an activating group) is 1. The maximum Gasteiger partial charge on any atom is 0.192 e. The summed E-state index contributed by atoms with van der Waals surface area (Å²) >= 11 is 0. The number of fused-ring (bicyclic) bond motifs is 3. The second kappa shape index (κ2) is 6.78. The van der Waals surface area contributed by atoms with E-state index in [0.717, 1.165) is 42.9 Å². The van der Waals surface area contributed by atoms with Crippen LogP contribution in [0.4, 0.5) is 11.4 Å². The van der Waals surface area contributed by atoms with Crippen molar-refractivity contribution in [2.24, 2.45) is 0 Å². The Morgan fingerprint density at radius 1 is 1.07 bits per heavy atom. The van der Waals surface area contributed by atoms with E-state index in [2.05, 4.69) is 67.4 Å². The number of hydrogen-bond acceptors (Lipinski definition) is 3. The fraction of sp³-hybridized carbons (Fsp3) is 0.292. The Hall–Kier alpha value is -2.59. The number of nitrogens with zero attached hydrogens (tertiary/aromatic N) is 2. The van der Waals surface area contributed by atoms with Gasteiger partial charge in [0.2, 0.25) is 0 Å². The van der Waals surface area contributed by atoms with Gasteiger partial charge in [-0.3, -0.25) is 4.79 Å². The Balaban J connectivity index is 1.87. The lowest BCUT2D eigenvalue weighted by Gasteiger charge is -2.35. The fourth-order valence-electron chi connectivity index (χ4n) is 4.63. The maximum absolute atomic E-state index is 13.4. The first-order valence-corrected chi connectivity index (χ1v) is 12.9. The van der Waals surface area contributed by atoms with E-state index in [0.29, 0.717) is 0 Å². The predicted octanol–water partition coefficient (Wildman–Crippen LogP) is 3.22. The molecular weight excluding hydrogens is 360 g/mol. The van der Waals surface area contributed by atoms with Crippen LogP contribution in [0.1, 0.15) is 21.5 Å². The van der Waals surface area contributed by atoms with E-state index in [1.807, 2.05) is 18.2 Å². The monoisotopic (exact) mass is 388 g/mol. The summed E-state index contributed by atoms with van der Waals surface area (Å²) in [6, 6.07) is 10.8. The van der Waals surface area contributed by atoms with Gasteiger partial charge in [-0.2, -0.15) is 0 Å². The molecule has 3 nitrogen and oxygen atoms in total. The molecule has 2 aliphatic rings. The molecule has 0 aliphatic carbocycles. The molecule has 0 saturated carbocycles. The summed E-state index contributed by atoms with van der Waals surface area (Å²) in [4.78, 5) is 17.9. The molecule has 0 bridgehead atoms. The van der Waals surface area contributed by atoms with Crippen LogP contribution in [0.25, 0.3) is 0 Å². The molecule has 4 heteroatoms. The summed E-state index contributed by atoms with van der Waals surface area (Å²) in [5, 5.41) is 2.51. The smallest absolute Gasteiger partial charge is 0.192 e. The van der Waals surface area contributed by atoms with Crippen molar-refractivity contribution < 1.29 is 4.79 Å². The SMILES string of the molecule is C=CCN(CC=C)c1ccc2c(c1)[Si](C)(C)c1cc3c(cc1C2=O)CCN3C. The molecule has 0 aromatic heterocycles. The van der Waals surface area contributed by atoms with Crippen LogP contribution in [0.3, 0.4) is 0 Å². The highest BCUT2D eigenvalue weighted by Gasteiger charge is 2.40. The van der Waals surface area contributed by atoms with Crippen LogP contribution in [0.2, 0.25) is 13.1 Å². The highest BCUT2D eigenvalue weighted by molar-refractivity contribution is 7.02. The van der Waals surface area contributed by atoms with Crippen molar-refractivity contribution in [1.29, 1.82) is 0 Å². The number of carbonyl (C=O) groups is 1. The van der Waals surface area contributed by atoms with Gasteiger partial charge in [0.15, 0.2) is 5.78 Å². The van der Waals surface area contributed by atoms with E-state index in [1.165, 1.54) is 21.6 Å². The van der Waals surface area contributed by atoms with Gasteiger partial charge in [0.05, 0.1) is 0 Å². The van der Waals surface area contributed by atoms with Gasteiger partial charge in [-0.1, -0.05) is 25.2 Å². The molecule has 0 fully saturated rings. The molecule has 0 spiro atoms. The first-order chi connectivity index (χ1) is 13.4. The summed E-state index contributed by atoms with van der Waals surface area (Å²) in [5.41, 5.74) is 5.55. The summed E-state index contributed by atoms with van der Waals surface area (Å²) in [5.74, 6) is 0.180. The van der Waals surface area contributed by atoms with Crippen LogP contribution < -0.4 is 20.2 Å². The third-order valence-corrected chi connectivity index (χ3v) is 9.77. The zero-order valence-electron chi connectivity index (χ0n) is 17.1. The molecule has 2 aromatic rings. The molecular formula is C24H28N2OSi. The van der Waals surface area contributed by atoms with Crippen molar-refractivity contribution in [3.63, 3.8) is 0 Å².